The van der Waals surface area contributed by atoms with Gasteiger partial charge in [0.25, 0.3) is 0 Å². The van der Waals surface area contributed by atoms with E-state index < -0.39 is 0 Å². The smallest absolute Gasteiger partial charge is 0.213 e. The van der Waals surface area contributed by atoms with Crippen LogP contribution < -0.4 is 4.74 Å². The van der Waals surface area contributed by atoms with E-state index in [0.717, 1.165) is 16.6 Å². The zero-order valence-electron chi connectivity index (χ0n) is 15.6. The predicted molar refractivity (Wildman–Crippen MR) is 103 cm³/mol. The average molecular weight is 409 g/mol. The molecule has 0 spiro atoms. The van der Waals surface area contributed by atoms with Gasteiger partial charge in [-0.05, 0) is 46.5 Å². The highest BCUT2D eigenvalue weighted by molar-refractivity contribution is 7.98. The molecule has 12 heteroatoms. The van der Waals surface area contributed by atoms with Crippen molar-refractivity contribution in [2.24, 2.45) is 5.11 Å². The molecular formula is C16H23N7O4S. The number of benzene rings is 1. The first kappa shape index (κ1) is 21.9. The first-order valence-corrected chi connectivity index (χ1v) is 9.87. The van der Waals surface area contributed by atoms with E-state index in [1.807, 2.05) is 30.5 Å². The fourth-order valence-corrected chi connectivity index (χ4v) is 2.50. The van der Waals surface area contributed by atoms with Crippen LogP contribution in [0.25, 0.3) is 16.1 Å². The SMILES string of the molecule is CSc1nnnn1-c1ccc(OCCOCCOCCOCCN=[N+]=[N-])cc1. The highest BCUT2D eigenvalue weighted by atomic mass is 32.2. The van der Waals surface area contributed by atoms with Crippen molar-refractivity contribution in [3.63, 3.8) is 0 Å². The largest absolute Gasteiger partial charge is 0.491 e. The fraction of sp³-hybridized carbons (Fsp3) is 0.562. The molecule has 0 aliphatic rings. The Morgan fingerprint density at radius 1 is 1.00 bits per heavy atom. The Bertz CT molecular complexity index is 722. The van der Waals surface area contributed by atoms with Gasteiger partial charge in [-0.1, -0.05) is 16.9 Å². The molecule has 0 radical (unpaired) electrons. The summed E-state index contributed by atoms with van der Waals surface area (Å²) in [4.78, 5) is 2.64. The number of tetrazole rings is 1. The second-order valence-electron chi connectivity index (χ2n) is 5.21. The standard InChI is InChI=1S/C16H23N7O4S/c1-28-16-19-21-22-23(16)14-2-4-15(5-3-14)27-13-12-26-11-10-25-9-8-24-7-6-18-20-17/h2-5H,6-13H2,1H3. The quantitative estimate of drug-likeness (QED) is 0.144. The van der Waals surface area contributed by atoms with E-state index in [2.05, 4.69) is 25.6 Å². The first-order valence-electron chi connectivity index (χ1n) is 8.65. The van der Waals surface area contributed by atoms with Crippen LogP contribution in [0.2, 0.25) is 0 Å². The number of ether oxygens (including phenoxy) is 4. The fourth-order valence-electron chi connectivity index (χ4n) is 2.06. The van der Waals surface area contributed by atoms with Crippen molar-refractivity contribution in [2.75, 3.05) is 59.0 Å². The molecule has 1 heterocycles. The van der Waals surface area contributed by atoms with Crippen molar-refractivity contribution >= 4 is 11.8 Å². The molecule has 0 unspecified atom stereocenters. The number of thioether (sulfide) groups is 1. The molecule has 11 nitrogen and oxygen atoms in total. The lowest BCUT2D eigenvalue weighted by molar-refractivity contribution is 0.0106. The summed E-state index contributed by atoms with van der Waals surface area (Å²) in [6.07, 6.45) is 1.92. The summed E-state index contributed by atoms with van der Waals surface area (Å²) in [5.74, 6) is 0.750. The van der Waals surface area contributed by atoms with E-state index in [0.29, 0.717) is 52.8 Å². The van der Waals surface area contributed by atoms with Crippen molar-refractivity contribution in [2.45, 2.75) is 5.16 Å². The Hall–Kier alpha value is -2.37. The van der Waals surface area contributed by atoms with Crippen LogP contribution in [0.4, 0.5) is 0 Å². The molecule has 0 bridgehead atoms. The molecule has 0 aliphatic heterocycles. The Kier molecular flexibility index (Phi) is 10.8. The minimum atomic E-state index is 0.332. The molecule has 0 saturated heterocycles. The van der Waals surface area contributed by atoms with Crippen LogP contribution in [0, 0.1) is 0 Å². The lowest BCUT2D eigenvalue weighted by Crippen LogP contribution is -2.13. The highest BCUT2D eigenvalue weighted by Crippen LogP contribution is 2.18. The first-order chi connectivity index (χ1) is 13.8. The van der Waals surface area contributed by atoms with Crippen molar-refractivity contribution in [3.05, 3.63) is 34.7 Å². The molecule has 0 atom stereocenters. The van der Waals surface area contributed by atoms with Crippen molar-refractivity contribution in [3.8, 4) is 11.4 Å². The summed E-state index contributed by atoms with van der Waals surface area (Å²) in [7, 11) is 0. The second kappa shape index (κ2) is 13.7. The summed E-state index contributed by atoms with van der Waals surface area (Å²) >= 11 is 1.48. The van der Waals surface area contributed by atoms with E-state index in [9.17, 15) is 0 Å². The van der Waals surface area contributed by atoms with Crippen molar-refractivity contribution in [1.82, 2.24) is 20.2 Å². The lowest BCUT2D eigenvalue weighted by Gasteiger charge is -2.09. The third-order valence-electron chi connectivity index (χ3n) is 3.34. The van der Waals surface area contributed by atoms with Gasteiger partial charge in [0.1, 0.15) is 12.4 Å². The molecule has 2 rings (SSSR count). The van der Waals surface area contributed by atoms with E-state index in [4.69, 9.17) is 24.5 Å². The minimum Gasteiger partial charge on any atom is -0.491 e. The second-order valence-corrected chi connectivity index (χ2v) is 5.98. The molecule has 0 N–H and O–H groups in total. The number of nitrogens with zero attached hydrogens (tertiary/aromatic N) is 7. The molecule has 28 heavy (non-hydrogen) atoms. The summed E-state index contributed by atoms with van der Waals surface area (Å²) in [5, 5.41) is 15.7. The van der Waals surface area contributed by atoms with Crippen LogP contribution in [0.15, 0.2) is 34.5 Å². The molecule has 0 aliphatic carbocycles. The molecule has 152 valence electrons. The van der Waals surface area contributed by atoms with Gasteiger partial charge in [0, 0.05) is 11.5 Å². The molecule has 0 saturated carbocycles. The third kappa shape index (κ3) is 8.11. The number of hydrogen-bond donors (Lipinski definition) is 0. The third-order valence-corrected chi connectivity index (χ3v) is 3.96. The molecule has 1 aromatic heterocycles. The highest BCUT2D eigenvalue weighted by Gasteiger charge is 2.06. The van der Waals surface area contributed by atoms with Crippen molar-refractivity contribution < 1.29 is 18.9 Å². The minimum absolute atomic E-state index is 0.332. The summed E-state index contributed by atoms with van der Waals surface area (Å²) in [5.41, 5.74) is 8.98. The molecular weight excluding hydrogens is 386 g/mol. The maximum absolute atomic E-state index is 8.10. The number of azide groups is 1. The zero-order chi connectivity index (χ0) is 19.9. The molecule has 0 fully saturated rings. The van der Waals surface area contributed by atoms with Crippen LogP contribution in [0.1, 0.15) is 0 Å². The van der Waals surface area contributed by atoms with Crippen molar-refractivity contribution in [1.29, 1.82) is 0 Å². The van der Waals surface area contributed by atoms with Crippen LogP contribution >= 0.6 is 11.8 Å². The maximum atomic E-state index is 8.10. The number of hydrogen-bond acceptors (Lipinski definition) is 9. The van der Waals surface area contributed by atoms with Gasteiger partial charge < -0.3 is 18.9 Å². The Labute approximate surface area is 166 Å². The normalized spacial score (nSPS) is 10.6. The van der Waals surface area contributed by atoms with Gasteiger partial charge in [0.05, 0.1) is 45.3 Å². The van der Waals surface area contributed by atoms with Crippen LogP contribution in [0.3, 0.4) is 0 Å². The van der Waals surface area contributed by atoms with Crippen LogP contribution in [-0.2, 0) is 14.2 Å². The Balaban J connectivity index is 1.49. The van der Waals surface area contributed by atoms with Crippen LogP contribution in [0.5, 0.6) is 5.75 Å². The number of rotatable bonds is 15. The van der Waals surface area contributed by atoms with Gasteiger partial charge in [-0.15, -0.1) is 5.10 Å². The van der Waals surface area contributed by atoms with Gasteiger partial charge in [-0.2, -0.15) is 4.68 Å². The van der Waals surface area contributed by atoms with E-state index >= 15 is 0 Å². The summed E-state index contributed by atoms with van der Waals surface area (Å²) in [6, 6.07) is 7.53. The van der Waals surface area contributed by atoms with E-state index in [1.54, 1.807) is 4.68 Å². The van der Waals surface area contributed by atoms with Gasteiger partial charge in [-0.3, -0.25) is 0 Å². The van der Waals surface area contributed by atoms with E-state index in [1.165, 1.54) is 11.8 Å². The summed E-state index contributed by atoms with van der Waals surface area (Å²) < 4.78 is 23.3. The molecule has 0 amide bonds. The average Bonchev–Trinajstić information content (AvgIpc) is 3.21. The Morgan fingerprint density at radius 2 is 1.64 bits per heavy atom. The maximum Gasteiger partial charge on any atom is 0.213 e. The van der Waals surface area contributed by atoms with Crippen LogP contribution in [-0.4, -0.2) is 79.3 Å². The topological polar surface area (TPSA) is 129 Å². The molecule has 2 aromatic rings. The summed E-state index contributed by atoms with van der Waals surface area (Å²) in [6.45, 7) is 3.55. The lowest BCUT2D eigenvalue weighted by atomic mass is 10.3. The predicted octanol–water partition coefficient (Wildman–Crippen LogP) is 2.12. The van der Waals surface area contributed by atoms with Gasteiger partial charge in [0.15, 0.2) is 0 Å². The van der Waals surface area contributed by atoms with Gasteiger partial charge in [0.2, 0.25) is 5.16 Å². The number of aromatic nitrogens is 4. The monoisotopic (exact) mass is 409 g/mol. The van der Waals surface area contributed by atoms with E-state index in [-0.39, 0.29) is 0 Å². The Morgan fingerprint density at radius 3 is 2.29 bits per heavy atom. The van der Waals surface area contributed by atoms with Gasteiger partial charge >= 0.3 is 0 Å². The molecule has 1 aromatic carbocycles. The van der Waals surface area contributed by atoms with Gasteiger partial charge in [-0.25, -0.2) is 0 Å². The zero-order valence-corrected chi connectivity index (χ0v) is 16.5.